The van der Waals surface area contributed by atoms with E-state index in [9.17, 15) is 20.4 Å². The zero-order valence-corrected chi connectivity index (χ0v) is 9.41. The Balaban J connectivity index is 2.13. The van der Waals surface area contributed by atoms with Gasteiger partial charge < -0.3 is 34.6 Å². The second-order valence-electron chi connectivity index (χ2n) is 4.51. The van der Waals surface area contributed by atoms with Crippen molar-refractivity contribution in [2.75, 3.05) is 39.6 Å². The van der Waals surface area contributed by atoms with Crippen molar-refractivity contribution in [3.63, 3.8) is 0 Å². The van der Waals surface area contributed by atoms with Gasteiger partial charge in [0.05, 0.1) is 39.6 Å². The highest BCUT2D eigenvalue weighted by Crippen LogP contribution is 2.37. The van der Waals surface area contributed by atoms with Crippen molar-refractivity contribution < 1.29 is 34.6 Å². The number of epoxide rings is 2. The Hall–Kier alpha value is -0.280. The molecule has 0 aromatic heterocycles. The molecule has 0 spiro atoms. The van der Waals surface area contributed by atoms with Crippen molar-refractivity contribution >= 4 is 0 Å². The summed E-state index contributed by atoms with van der Waals surface area (Å²) in [5.41, 5.74) is -2.62. The number of hydrogen-bond acceptors (Lipinski definition) is 7. The second kappa shape index (κ2) is 4.77. The topological polar surface area (TPSA) is 115 Å². The van der Waals surface area contributed by atoms with Gasteiger partial charge in [-0.15, -0.1) is 0 Å². The highest BCUT2D eigenvalue weighted by Gasteiger charge is 2.57. The largest absolute Gasteiger partial charge is 0.393 e. The maximum atomic E-state index is 9.37. The van der Waals surface area contributed by atoms with Crippen LogP contribution in [0, 0.1) is 0 Å². The predicted octanol–water partition coefficient (Wildman–Crippen LogP) is -2.75. The second-order valence-corrected chi connectivity index (χ2v) is 4.51. The minimum Gasteiger partial charge on any atom is -0.393 e. The lowest BCUT2D eigenvalue weighted by molar-refractivity contribution is -0.230. The normalized spacial score (nSPS) is 28.2. The highest BCUT2D eigenvalue weighted by atomic mass is 16.7. The number of ether oxygens (including phenoxy) is 3. The Labute approximate surface area is 98.5 Å². The van der Waals surface area contributed by atoms with Gasteiger partial charge in [-0.2, -0.15) is 0 Å². The van der Waals surface area contributed by atoms with E-state index in [0.29, 0.717) is 13.2 Å². The van der Waals surface area contributed by atoms with E-state index < -0.39 is 49.8 Å². The standard InChI is InChI=1S/C10H18O7/c11-3-9(4-12,7-1-15-7)17-10(5-13,6-14)8-2-16-8/h7-8,11-14H,1-6H2. The van der Waals surface area contributed by atoms with Gasteiger partial charge in [0.2, 0.25) is 0 Å². The lowest BCUT2D eigenvalue weighted by Crippen LogP contribution is -2.58. The van der Waals surface area contributed by atoms with Gasteiger partial charge in [-0.3, -0.25) is 0 Å². The van der Waals surface area contributed by atoms with Crippen molar-refractivity contribution in [1.82, 2.24) is 0 Å². The first-order valence-corrected chi connectivity index (χ1v) is 5.53. The molecule has 2 atom stereocenters. The van der Waals surface area contributed by atoms with Crippen LogP contribution in [0.25, 0.3) is 0 Å². The highest BCUT2D eigenvalue weighted by molar-refractivity contribution is 5.03. The Morgan fingerprint density at radius 1 is 0.824 bits per heavy atom. The molecule has 0 amide bonds. The van der Waals surface area contributed by atoms with Crippen LogP contribution >= 0.6 is 0 Å². The van der Waals surface area contributed by atoms with Crippen LogP contribution in [0.3, 0.4) is 0 Å². The van der Waals surface area contributed by atoms with Crippen LogP contribution in [0.5, 0.6) is 0 Å². The minimum absolute atomic E-state index is 0.375. The van der Waals surface area contributed by atoms with Crippen LogP contribution in [0.2, 0.25) is 0 Å². The van der Waals surface area contributed by atoms with E-state index in [1.54, 1.807) is 0 Å². The van der Waals surface area contributed by atoms with E-state index in [1.165, 1.54) is 0 Å². The molecule has 2 heterocycles. The molecule has 7 heteroatoms. The third kappa shape index (κ3) is 2.32. The molecule has 2 fully saturated rings. The van der Waals surface area contributed by atoms with E-state index >= 15 is 0 Å². The monoisotopic (exact) mass is 250 g/mol. The molecule has 2 unspecified atom stereocenters. The predicted molar refractivity (Wildman–Crippen MR) is 54.4 cm³/mol. The molecule has 0 aromatic carbocycles. The Bertz CT molecular complexity index is 227. The van der Waals surface area contributed by atoms with Crippen molar-refractivity contribution in [3.05, 3.63) is 0 Å². The fraction of sp³-hybridized carbons (Fsp3) is 1.00. The number of rotatable bonds is 8. The average molecular weight is 250 g/mol. The first-order chi connectivity index (χ1) is 8.16. The van der Waals surface area contributed by atoms with Crippen molar-refractivity contribution in [2.24, 2.45) is 0 Å². The van der Waals surface area contributed by atoms with Gasteiger partial charge in [0.25, 0.3) is 0 Å². The summed E-state index contributed by atoms with van der Waals surface area (Å²) in [6.07, 6.45) is -0.845. The first kappa shape index (κ1) is 13.2. The molecule has 100 valence electrons. The fourth-order valence-corrected chi connectivity index (χ4v) is 1.88. The van der Waals surface area contributed by atoms with E-state index in [4.69, 9.17) is 14.2 Å². The zero-order valence-electron chi connectivity index (χ0n) is 9.41. The molecule has 0 bridgehead atoms. The lowest BCUT2D eigenvalue weighted by atomic mass is 9.96. The van der Waals surface area contributed by atoms with E-state index in [0.717, 1.165) is 0 Å². The third-order valence-electron chi connectivity index (χ3n) is 3.32. The number of aliphatic hydroxyl groups is 4. The van der Waals surface area contributed by atoms with Gasteiger partial charge in [-0.05, 0) is 0 Å². The van der Waals surface area contributed by atoms with Crippen LogP contribution in [0.4, 0.5) is 0 Å². The summed E-state index contributed by atoms with van der Waals surface area (Å²) in [7, 11) is 0. The summed E-state index contributed by atoms with van der Waals surface area (Å²) in [5.74, 6) is 0. The summed E-state index contributed by atoms with van der Waals surface area (Å²) in [5, 5.41) is 37.5. The lowest BCUT2D eigenvalue weighted by Gasteiger charge is -2.39. The van der Waals surface area contributed by atoms with Crippen LogP contribution in [-0.4, -0.2) is 83.5 Å². The Morgan fingerprint density at radius 3 is 1.29 bits per heavy atom. The molecule has 7 nitrogen and oxygen atoms in total. The quantitative estimate of drug-likeness (QED) is 0.345. The van der Waals surface area contributed by atoms with E-state index in [-0.39, 0.29) is 0 Å². The molecule has 2 aliphatic heterocycles. The molecule has 0 aromatic rings. The Kier molecular flexibility index (Phi) is 3.69. The van der Waals surface area contributed by atoms with Crippen molar-refractivity contribution in [3.8, 4) is 0 Å². The smallest absolute Gasteiger partial charge is 0.143 e. The van der Waals surface area contributed by atoms with Crippen LogP contribution in [0.1, 0.15) is 0 Å². The number of aliphatic hydroxyl groups excluding tert-OH is 4. The van der Waals surface area contributed by atoms with E-state index in [2.05, 4.69) is 0 Å². The van der Waals surface area contributed by atoms with Gasteiger partial charge in [-0.1, -0.05) is 0 Å². The molecule has 2 rings (SSSR count). The summed E-state index contributed by atoms with van der Waals surface area (Å²) >= 11 is 0. The van der Waals surface area contributed by atoms with Crippen molar-refractivity contribution in [2.45, 2.75) is 23.4 Å². The van der Waals surface area contributed by atoms with Gasteiger partial charge in [0, 0.05) is 0 Å². The third-order valence-corrected chi connectivity index (χ3v) is 3.32. The first-order valence-electron chi connectivity index (χ1n) is 5.53. The van der Waals surface area contributed by atoms with Gasteiger partial charge in [0.15, 0.2) is 0 Å². The fourth-order valence-electron chi connectivity index (χ4n) is 1.88. The van der Waals surface area contributed by atoms with Crippen LogP contribution < -0.4 is 0 Å². The van der Waals surface area contributed by atoms with Gasteiger partial charge >= 0.3 is 0 Å². The van der Waals surface area contributed by atoms with Crippen LogP contribution in [-0.2, 0) is 14.2 Å². The zero-order chi connectivity index (χ0) is 12.5. The maximum Gasteiger partial charge on any atom is 0.143 e. The minimum atomic E-state index is -1.31. The molecule has 0 radical (unpaired) electrons. The average Bonchev–Trinajstić information content (AvgIpc) is 3.21. The maximum absolute atomic E-state index is 9.37. The van der Waals surface area contributed by atoms with Crippen molar-refractivity contribution in [1.29, 1.82) is 0 Å². The van der Waals surface area contributed by atoms with Gasteiger partial charge in [-0.25, -0.2) is 0 Å². The van der Waals surface area contributed by atoms with E-state index in [1.807, 2.05) is 0 Å². The van der Waals surface area contributed by atoms with Gasteiger partial charge in [0.1, 0.15) is 23.4 Å². The summed E-state index contributed by atoms with van der Waals surface area (Å²) in [4.78, 5) is 0. The molecule has 2 saturated heterocycles. The van der Waals surface area contributed by atoms with Crippen LogP contribution in [0.15, 0.2) is 0 Å². The molecule has 2 aliphatic rings. The molecule has 17 heavy (non-hydrogen) atoms. The summed E-state index contributed by atoms with van der Waals surface area (Å²) in [6.45, 7) is -1.07. The Morgan fingerprint density at radius 2 is 1.12 bits per heavy atom. The summed E-state index contributed by atoms with van der Waals surface area (Å²) < 4.78 is 15.7. The molecular formula is C10H18O7. The number of hydrogen-bond donors (Lipinski definition) is 4. The molecule has 4 N–H and O–H groups in total. The SMILES string of the molecule is OCC(CO)(OC(CO)(CO)C1CO1)C1CO1. The molecule has 0 aliphatic carbocycles. The molecule has 0 saturated carbocycles. The summed E-state index contributed by atoms with van der Waals surface area (Å²) in [6, 6.07) is 0. The molecular weight excluding hydrogens is 232 g/mol.